The maximum atomic E-state index is 10.9. The van der Waals surface area contributed by atoms with E-state index in [2.05, 4.69) is 0 Å². The number of hydrogen-bond acceptors (Lipinski definition) is 3. The van der Waals surface area contributed by atoms with E-state index in [0.717, 1.165) is 25.7 Å². The highest BCUT2D eigenvalue weighted by Crippen LogP contribution is 2.24. The topological polar surface area (TPSA) is 77.4 Å². The van der Waals surface area contributed by atoms with Gasteiger partial charge in [-0.05, 0) is 31.6 Å². The highest BCUT2D eigenvalue weighted by atomic mass is 16.4. The molecule has 0 atom stereocenters. The molecule has 0 aromatic carbocycles. The van der Waals surface area contributed by atoms with Gasteiger partial charge < -0.3 is 15.0 Å². The lowest BCUT2D eigenvalue weighted by Gasteiger charge is -2.21. The minimum Gasteiger partial charge on any atom is -0.550 e. The fraction of sp³-hybridized carbons (Fsp3) is 0.833. The SMILES string of the molecule is O=C([O-])C1CCCCC(C(=O)O)CCCC1. The van der Waals surface area contributed by atoms with Crippen molar-refractivity contribution in [3.63, 3.8) is 0 Å². The van der Waals surface area contributed by atoms with E-state index in [0.29, 0.717) is 25.7 Å². The quantitative estimate of drug-likeness (QED) is 0.768. The molecule has 1 N–H and O–H groups in total. The molecule has 92 valence electrons. The summed E-state index contributed by atoms with van der Waals surface area (Å²) in [6.07, 6.45) is 5.82. The molecule has 4 nitrogen and oxygen atoms in total. The van der Waals surface area contributed by atoms with Crippen LogP contribution in [0.3, 0.4) is 0 Å². The molecule has 0 aromatic rings. The molecule has 0 saturated heterocycles. The Bertz CT molecular complexity index is 211. The molecule has 1 aliphatic carbocycles. The van der Waals surface area contributed by atoms with E-state index < -0.39 is 11.9 Å². The van der Waals surface area contributed by atoms with Gasteiger partial charge in [-0.2, -0.15) is 0 Å². The molecule has 1 rings (SSSR count). The van der Waals surface area contributed by atoms with Gasteiger partial charge in [0.05, 0.1) is 5.92 Å². The molecule has 0 aliphatic heterocycles. The molecule has 1 saturated carbocycles. The fourth-order valence-electron chi connectivity index (χ4n) is 2.33. The number of carboxylic acids is 2. The average Bonchev–Trinajstić information content (AvgIpc) is 2.24. The number of carboxylic acid groups (broad SMARTS) is 2. The monoisotopic (exact) mass is 227 g/mol. The third kappa shape index (κ3) is 4.21. The molecule has 0 spiro atoms. The maximum Gasteiger partial charge on any atom is 0.306 e. The Kier molecular flexibility index (Phi) is 5.29. The molecule has 16 heavy (non-hydrogen) atoms. The molecular weight excluding hydrogens is 208 g/mol. The fourth-order valence-corrected chi connectivity index (χ4v) is 2.33. The number of carbonyl (C=O) groups is 2. The van der Waals surface area contributed by atoms with Crippen molar-refractivity contribution in [3.05, 3.63) is 0 Å². The van der Waals surface area contributed by atoms with Gasteiger partial charge in [0, 0.05) is 5.97 Å². The van der Waals surface area contributed by atoms with E-state index >= 15 is 0 Å². The first-order valence-corrected chi connectivity index (χ1v) is 6.05. The van der Waals surface area contributed by atoms with Crippen LogP contribution in [-0.4, -0.2) is 17.0 Å². The summed E-state index contributed by atoms with van der Waals surface area (Å²) in [6.45, 7) is 0. The predicted molar refractivity (Wildman–Crippen MR) is 56.6 cm³/mol. The first-order chi connectivity index (χ1) is 7.61. The van der Waals surface area contributed by atoms with Gasteiger partial charge in [0.25, 0.3) is 0 Å². The van der Waals surface area contributed by atoms with Crippen molar-refractivity contribution < 1.29 is 19.8 Å². The second kappa shape index (κ2) is 6.51. The third-order valence-corrected chi connectivity index (χ3v) is 3.39. The van der Waals surface area contributed by atoms with Gasteiger partial charge >= 0.3 is 5.97 Å². The summed E-state index contributed by atoms with van der Waals surface area (Å²) in [7, 11) is 0. The van der Waals surface area contributed by atoms with Crippen LogP contribution in [0.4, 0.5) is 0 Å². The van der Waals surface area contributed by atoms with Crippen LogP contribution in [0.25, 0.3) is 0 Å². The van der Waals surface area contributed by atoms with Crippen molar-refractivity contribution in [3.8, 4) is 0 Å². The molecule has 4 heteroatoms. The van der Waals surface area contributed by atoms with Crippen molar-refractivity contribution in [1.82, 2.24) is 0 Å². The van der Waals surface area contributed by atoms with Crippen LogP contribution in [0.1, 0.15) is 51.4 Å². The van der Waals surface area contributed by atoms with Gasteiger partial charge in [-0.1, -0.05) is 25.7 Å². The van der Waals surface area contributed by atoms with E-state index in [1.807, 2.05) is 0 Å². The normalized spacial score (nSPS) is 28.2. The Morgan fingerprint density at radius 3 is 1.56 bits per heavy atom. The third-order valence-electron chi connectivity index (χ3n) is 3.39. The Hall–Kier alpha value is -1.06. The summed E-state index contributed by atoms with van der Waals surface area (Å²) >= 11 is 0. The molecule has 0 aromatic heterocycles. The zero-order valence-corrected chi connectivity index (χ0v) is 9.48. The second-order valence-corrected chi connectivity index (χ2v) is 4.62. The van der Waals surface area contributed by atoms with Crippen LogP contribution in [-0.2, 0) is 9.59 Å². The highest BCUT2D eigenvalue weighted by Gasteiger charge is 2.19. The molecule has 0 heterocycles. The summed E-state index contributed by atoms with van der Waals surface area (Å²) in [5.41, 5.74) is 0. The smallest absolute Gasteiger partial charge is 0.306 e. The molecule has 0 unspecified atom stereocenters. The summed E-state index contributed by atoms with van der Waals surface area (Å²) in [5, 5.41) is 19.7. The van der Waals surface area contributed by atoms with E-state index in [9.17, 15) is 14.7 Å². The van der Waals surface area contributed by atoms with Gasteiger partial charge in [-0.3, -0.25) is 4.79 Å². The number of rotatable bonds is 2. The molecular formula is C12H19O4-. The Morgan fingerprint density at radius 1 is 0.875 bits per heavy atom. The number of aliphatic carboxylic acids is 2. The Morgan fingerprint density at radius 2 is 1.25 bits per heavy atom. The first-order valence-electron chi connectivity index (χ1n) is 6.05. The lowest BCUT2D eigenvalue weighted by molar-refractivity contribution is -0.312. The van der Waals surface area contributed by atoms with E-state index in [1.165, 1.54) is 0 Å². The summed E-state index contributed by atoms with van der Waals surface area (Å²) in [6, 6.07) is 0. The van der Waals surface area contributed by atoms with Crippen molar-refractivity contribution in [2.45, 2.75) is 51.4 Å². The van der Waals surface area contributed by atoms with Gasteiger partial charge in [0.15, 0.2) is 0 Å². The van der Waals surface area contributed by atoms with Gasteiger partial charge in [-0.15, -0.1) is 0 Å². The average molecular weight is 227 g/mol. The van der Waals surface area contributed by atoms with Crippen molar-refractivity contribution in [1.29, 1.82) is 0 Å². The minimum atomic E-state index is -0.949. The van der Waals surface area contributed by atoms with E-state index in [4.69, 9.17) is 5.11 Å². The standard InChI is InChI=1S/C12H20O4/c13-11(14)9-5-1-2-6-10(12(15)16)8-4-3-7-9/h9-10H,1-8H2,(H,13,14)(H,15,16)/p-1. The first kappa shape index (κ1) is 13.0. The van der Waals surface area contributed by atoms with E-state index in [1.54, 1.807) is 0 Å². The van der Waals surface area contributed by atoms with Crippen molar-refractivity contribution in [2.75, 3.05) is 0 Å². The van der Waals surface area contributed by atoms with Crippen molar-refractivity contribution in [2.24, 2.45) is 11.8 Å². The van der Waals surface area contributed by atoms with Crippen LogP contribution in [0, 0.1) is 11.8 Å². The van der Waals surface area contributed by atoms with Crippen molar-refractivity contribution >= 4 is 11.9 Å². The largest absolute Gasteiger partial charge is 0.550 e. The minimum absolute atomic E-state index is 0.237. The Labute approximate surface area is 95.7 Å². The summed E-state index contributed by atoms with van der Waals surface area (Å²) in [4.78, 5) is 21.7. The number of carbonyl (C=O) groups excluding carboxylic acids is 1. The molecule has 0 radical (unpaired) electrons. The number of hydrogen-bond donors (Lipinski definition) is 1. The van der Waals surface area contributed by atoms with Crippen LogP contribution >= 0.6 is 0 Å². The van der Waals surface area contributed by atoms with Crippen LogP contribution < -0.4 is 5.11 Å². The second-order valence-electron chi connectivity index (χ2n) is 4.62. The molecule has 0 amide bonds. The highest BCUT2D eigenvalue weighted by molar-refractivity contribution is 5.70. The van der Waals surface area contributed by atoms with Crippen LogP contribution in [0.5, 0.6) is 0 Å². The summed E-state index contributed by atoms with van der Waals surface area (Å²) < 4.78 is 0. The zero-order chi connectivity index (χ0) is 12.0. The Balaban J connectivity index is 2.43. The molecule has 0 bridgehead atoms. The maximum absolute atomic E-state index is 10.9. The van der Waals surface area contributed by atoms with Gasteiger partial charge in [0.2, 0.25) is 0 Å². The lowest BCUT2D eigenvalue weighted by Crippen LogP contribution is -2.31. The summed E-state index contributed by atoms with van der Waals surface area (Å²) in [5.74, 6) is -2.23. The lowest BCUT2D eigenvalue weighted by atomic mass is 9.88. The molecule has 1 aliphatic rings. The van der Waals surface area contributed by atoms with Crippen LogP contribution in [0.2, 0.25) is 0 Å². The van der Waals surface area contributed by atoms with Crippen LogP contribution in [0.15, 0.2) is 0 Å². The zero-order valence-electron chi connectivity index (χ0n) is 9.48. The van der Waals surface area contributed by atoms with Gasteiger partial charge in [0.1, 0.15) is 0 Å². The van der Waals surface area contributed by atoms with Gasteiger partial charge in [-0.25, -0.2) is 0 Å². The molecule has 1 fully saturated rings. The van der Waals surface area contributed by atoms with E-state index in [-0.39, 0.29) is 11.8 Å². The predicted octanol–water partition coefficient (Wildman–Crippen LogP) is 1.19.